The number of fused-ring (bicyclic) bond motifs is 1. The van der Waals surface area contributed by atoms with Gasteiger partial charge in [0.1, 0.15) is 6.61 Å². The van der Waals surface area contributed by atoms with Gasteiger partial charge in [0.05, 0.1) is 5.69 Å². The molecule has 98 valence electrons. The molecule has 1 N–H and O–H groups in total. The summed E-state index contributed by atoms with van der Waals surface area (Å²) in [4.78, 5) is 4.55. The van der Waals surface area contributed by atoms with Crippen molar-refractivity contribution in [3.05, 3.63) is 45.9 Å². The van der Waals surface area contributed by atoms with E-state index in [2.05, 4.69) is 10.3 Å². The van der Waals surface area contributed by atoms with E-state index in [9.17, 15) is 0 Å². The molecule has 5 heteroatoms. The lowest BCUT2D eigenvalue weighted by Crippen LogP contribution is -2.16. The van der Waals surface area contributed by atoms with Crippen molar-refractivity contribution in [3.63, 3.8) is 0 Å². The Balaban J connectivity index is 2.03. The van der Waals surface area contributed by atoms with Crippen LogP contribution < -0.4 is 10.1 Å². The Hall–Kier alpha value is -1.29. The Bertz CT molecular complexity index is 596. The summed E-state index contributed by atoms with van der Waals surface area (Å²) in [5.74, 6) is 0.679. The van der Waals surface area contributed by atoms with Crippen LogP contribution in [0.4, 0.5) is 0 Å². The number of pyridine rings is 1. The lowest BCUT2D eigenvalue weighted by molar-refractivity contribution is 0.314. The van der Waals surface area contributed by atoms with Gasteiger partial charge in [-0.2, -0.15) is 0 Å². The summed E-state index contributed by atoms with van der Waals surface area (Å²) >= 11 is 12.0. The molecule has 3 nitrogen and oxygen atoms in total. The standard InChI is InChI=1S/C14H12Cl2N2O/c15-11-5-10(6-12(16)7-11)13-2-1-9-8-17-3-4-19-14(9)18-13/h1-2,5-7,17H,3-4,8H2. The third-order valence-electron chi connectivity index (χ3n) is 2.93. The maximum Gasteiger partial charge on any atom is 0.218 e. The highest BCUT2D eigenvalue weighted by Crippen LogP contribution is 2.28. The smallest absolute Gasteiger partial charge is 0.218 e. The zero-order chi connectivity index (χ0) is 13.2. The molecule has 0 bridgehead atoms. The Morgan fingerprint density at radius 2 is 1.89 bits per heavy atom. The van der Waals surface area contributed by atoms with Crippen molar-refractivity contribution in [2.24, 2.45) is 0 Å². The molecule has 1 aliphatic rings. The van der Waals surface area contributed by atoms with Crippen molar-refractivity contribution < 1.29 is 4.74 Å². The molecule has 0 saturated heterocycles. The number of hydrogen-bond acceptors (Lipinski definition) is 3. The molecule has 19 heavy (non-hydrogen) atoms. The minimum Gasteiger partial charge on any atom is -0.476 e. The van der Waals surface area contributed by atoms with Crippen LogP contribution in [0.1, 0.15) is 5.56 Å². The zero-order valence-corrected chi connectivity index (χ0v) is 11.6. The second-order valence-corrected chi connectivity index (χ2v) is 5.22. The maximum absolute atomic E-state index is 6.02. The topological polar surface area (TPSA) is 34.1 Å². The molecule has 0 aliphatic carbocycles. The largest absolute Gasteiger partial charge is 0.476 e. The van der Waals surface area contributed by atoms with E-state index in [1.165, 1.54) is 0 Å². The van der Waals surface area contributed by atoms with E-state index in [0.717, 1.165) is 29.9 Å². The Morgan fingerprint density at radius 3 is 2.68 bits per heavy atom. The van der Waals surface area contributed by atoms with E-state index in [-0.39, 0.29) is 0 Å². The SMILES string of the molecule is Clc1cc(Cl)cc(-c2ccc3c(n2)OCCNC3)c1. The molecule has 0 atom stereocenters. The van der Waals surface area contributed by atoms with E-state index in [1.54, 1.807) is 6.07 Å². The number of hydrogen-bond donors (Lipinski definition) is 1. The van der Waals surface area contributed by atoms with Crippen molar-refractivity contribution in [2.45, 2.75) is 6.54 Å². The fourth-order valence-electron chi connectivity index (χ4n) is 2.03. The first-order chi connectivity index (χ1) is 9.22. The zero-order valence-electron chi connectivity index (χ0n) is 10.1. The monoisotopic (exact) mass is 294 g/mol. The number of nitrogens with zero attached hydrogens (tertiary/aromatic N) is 1. The van der Waals surface area contributed by atoms with Gasteiger partial charge in [0, 0.05) is 34.3 Å². The molecular formula is C14H12Cl2N2O. The van der Waals surface area contributed by atoms with Crippen LogP contribution in [0.5, 0.6) is 5.88 Å². The molecule has 0 spiro atoms. The number of nitrogens with one attached hydrogen (secondary N) is 1. The van der Waals surface area contributed by atoms with Crippen molar-refractivity contribution in [1.29, 1.82) is 0 Å². The molecule has 0 saturated carbocycles. The van der Waals surface area contributed by atoms with Crippen LogP contribution in [0.15, 0.2) is 30.3 Å². The summed E-state index contributed by atoms with van der Waals surface area (Å²) in [7, 11) is 0. The van der Waals surface area contributed by atoms with Gasteiger partial charge in [-0.05, 0) is 24.3 Å². The van der Waals surface area contributed by atoms with Gasteiger partial charge in [0.25, 0.3) is 0 Å². The van der Waals surface area contributed by atoms with Gasteiger partial charge in [-0.1, -0.05) is 29.3 Å². The highest BCUT2D eigenvalue weighted by atomic mass is 35.5. The first kappa shape index (κ1) is 12.7. The molecule has 0 radical (unpaired) electrons. The number of aromatic nitrogens is 1. The first-order valence-corrected chi connectivity index (χ1v) is 6.78. The van der Waals surface area contributed by atoms with Gasteiger partial charge >= 0.3 is 0 Å². The molecule has 1 aromatic carbocycles. The van der Waals surface area contributed by atoms with Crippen molar-refractivity contribution in [3.8, 4) is 17.1 Å². The van der Waals surface area contributed by atoms with E-state index < -0.39 is 0 Å². The van der Waals surface area contributed by atoms with Crippen LogP contribution >= 0.6 is 23.2 Å². The van der Waals surface area contributed by atoms with E-state index in [0.29, 0.717) is 22.5 Å². The Kier molecular flexibility index (Phi) is 3.60. The van der Waals surface area contributed by atoms with Crippen molar-refractivity contribution in [2.75, 3.05) is 13.2 Å². The highest BCUT2D eigenvalue weighted by molar-refractivity contribution is 6.35. The van der Waals surface area contributed by atoms with E-state index in [1.807, 2.05) is 24.3 Å². The molecular weight excluding hydrogens is 283 g/mol. The quantitative estimate of drug-likeness (QED) is 0.874. The molecule has 2 heterocycles. The van der Waals surface area contributed by atoms with Crippen LogP contribution in [0, 0.1) is 0 Å². The van der Waals surface area contributed by atoms with Crippen molar-refractivity contribution >= 4 is 23.2 Å². The summed E-state index contributed by atoms with van der Waals surface area (Å²) in [5.41, 5.74) is 2.76. The molecule has 0 amide bonds. The molecule has 1 aliphatic heterocycles. The maximum atomic E-state index is 6.02. The van der Waals surface area contributed by atoms with E-state index in [4.69, 9.17) is 27.9 Å². The molecule has 0 unspecified atom stereocenters. The average Bonchev–Trinajstić information content (AvgIpc) is 2.61. The fourth-order valence-corrected chi connectivity index (χ4v) is 2.56. The summed E-state index contributed by atoms with van der Waals surface area (Å²) < 4.78 is 5.63. The van der Waals surface area contributed by atoms with Gasteiger partial charge in [-0.3, -0.25) is 0 Å². The summed E-state index contributed by atoms with van der Waals surface area (Å²) in [6, 6.07) is 9.37. The number of benzene rings is 1. The lowest BCUT2D eigenvalue weighted by atomic mass is 10.1. The number of ether oxygens (including phenoxy) is 1. The van der Waals surface area contributed by atoms with Crippen LogP contribution in [0.25, 0.3) is 11.3 Å². The van der Waals surface area contributed by atoms with Crippen molar-refractivity contribution in [1.82, 2.24) is 10.3 Å². The fraction of sp³-hybridized carbons (Fsp3) is 0.214. The van der Waals surface area contributed by atoms with E-state index >= 15 is 0 Å². The van der Waals surface area contributed by atoms with Crippen LogP contribution in [0.2, 0.25) is 10.0 Å². The predicted molar refractivity (Wildman–Crippen MR) is 76.9 cm³/mol. The minimum absolute atomic E-state index is 0.599. The predicted octanol–water partition coefficient (Wildman–Crippen LogP) is 3.54. The van der Waals surface area contributed by atoms with Gasteiger partial charge in [0.2, 0.25) is 5.88 Å². The molecule has 1 aromatic heterocycles. The normalized spacial score (nSPS) is 14.4. The van der Waals surface area contributed by atoms with Gasteiger partial charge in [-0.15, -0.1) is 0 Å². The van der Waals surface area contributed by atoms with Gasteiger partial charge in [-0.25, -0.2) is 4.98 Å². The molecule has 3 rings (SSSR count). The number of rotatable bonds is 1. The highest BCUT2D eigenvalue weighted by Gasteiger charge is 2.12. The van der Waals surface area contributed by atoms with Crippen LogP contribution in [-0.4, -0.2) is 18.1 Å². The van der Waals surface area contributed by atoms with Crippen LogP contribution in [0.3, 0.4) is 0 Å². The minimum atomic E-state index is 0.599. The van der Waals surface area contributed by atoms with Crippen LogP contribution in [-0.2, 0) is 6.54 Å². The summed E-state index contributed by atoms with van der Waals surface area (Å²) in [6.07, 6.45) is 0. The molecule has 0 fully saturated rings. The Labute approximate surface area is 121 Å². The number of halogens is 2. The third kappa shape index (κ3) is 2.84. The lowest BCUT2D eigenvalue weighted by Gasteiger charge is -2.08. The Morgan fingerprint density at radius 1 is 1.11 bits per heavy atom. The first-order valence-electron chi connectivity index (χ1n) is 6.02. The van der Waals surface area contributed by atoms with Gasteiger partial charge in [0.15, 0.2) is 0 Å². The second kappa shape index (κ2) is 5.37. The third-order valence-corrected chi connectivity index (χ3v) is 3.37. The average molecular weight is 295 g/mol. The summed E-state index contributed by atoms with van der Waals surface area (Å²) in [5, 5.41) is 4.47. The molecule has 2 aromatic rings. The summed E-state index contributed by atoms with van der Waals surface area (Å²) in [6.45, 7) is 2.23. The van der Waals surface area contributed by atoms with Gasteiger partial charge < -0.3 is 10.1 Å². The second-order valence-electron chi connectivity index (χ2n) is 4.34.